The number of carbonyl (C=O) groups is 1. The topological polar surface area (TPSA) is 104 Å². The molecule has 0 aliphatic carbocycles. The Balaban J connectivity index is 2.33. The molecule has 0 spiro atoms. The van der Waals surface area contributed by atoms with Crippen molar-refractivity contribution in [1.29, 1.82) is 0 Å². The van der Waals surface area contributed by atoms with Gasteiger partial charge in [0.05, 0.1) is 17.9 Å². The van der Waals surface area contributed by atoms with Gasteiger partial charge in [-0.2, -0.15) is 0 Å². The minimum atomic E-state index is -3.86. The average molecular weight is 313 g/mol. The Bertz CT molecular complexity index is 736. The van der Waals surface area contributed by atoms with Crippen molar-refractivity contribution in [2.75, 3.05) is 4.72 Å². The first-order chi connectivity index (χ1) is 9.44. The Kier molecular flexibility index (Phi) is 4.07. The zero-order valence-electron chi connectivity index (χ0n) is 10.1. The lowest BCUT2D eigenvalue weighted by molar-refractivity contribution is 0.0697. The molecule has 106 valence electrons. The van der Waals surface area contributed by atoms with E-state index in [2.05, 4.69) is 4.72 Å². The number of sulfonamides is 1. The van der Waals surface area contributed by atoms with E-state index in [0.717, 1.165) is 17.4 Å². The van der Waals surface area contributed by atoms with Crippen molar-refractivity contribution in [2.24, 2.45) is 0 Å². The summed E-state index contributed by atoms with van der Waals surface area (Å²) in [7, 11) is -3.86. The summed E-state index contributed by atoms with van der Waals surface area (Å²) in [6, 6.07) is 7.52. The van der Waals surface area contributed by atoms with E-state index in [9.17, 15) is 13.2 Å². The summed E-state index contributed by atoms with van der Waals surface area (Å²) >= 11 is 0.824. The summed E-state index contributed by atoms with van der Waals surface area (Å²) in [4.78, 5) is 10.8. The number of para-hydroxylation sites is 1. The number of thiophene rings is 1. The van der Waals surface area contributed by atoms with Gasteiger partial charge in [0.15, 0.2) is 0 Å². The molecular weight excluding hydrogens is 302 g/mol. The standard InChI is InChI=1S/C12H11NO5S2/c14-6-8-3-1-2-4-10(8)13-20(17,18)11-5-9(7-19-11)12(15)16/h1-5,7,13-14H,6H2,(H,15,16). The van der Waals surface area contributed by atoms with E-state index in [1.807, 2.05) is 0 Å². The largest absolute Gasteiger partial charge is 0.478 e. The molecule has 0 atom stereocenters. The van der Waals surface area contributed by atoms with Crippen LogP contribution in [0.3, 0.4) is 0 Å². The van der Waals surface area contributed by atoms with Crippen molar-refractivity contribution < 1.29 is 23.4 Å². The highest BCUT2D eigenvalue weighted by molar-refractivity contribution is 7.94. The van der Waals surface area contributed by atoms with Gasteiger partial charge in [-0.15, -0.1) is 11.3 Å². The molecule has 0 amide bonds. The zero-order chi connectivity index (χ0) is 14.8. The molecule has 0 fully saturated rings. The van der Waals surface area contributed by atoms with Crippen LogP contribution in [0.4, 0.5) is 5.69 Å². The lowest BCUT2D eigenvalue weighted by atomic mass is 10.2. The molecule has 0 aliphatic heterocycles. The SMILES string of the molecule is O=C(O)c1csc(S(=O)(=O)Nc2ccccc2CO)c1. The first-order valence-electron chi connectivity index (χ1n) is 5.47. The first-order valence-corrected chi connectivity index (χ1v) is 7.84. The second-order valence-electron chi connectivity index (χ2n) is 3.88. The smallest absolute Gasteiger partial charge is 0.336 e. The van der Waals surface area contributed by atoms with Crippen LogP contribution in [0.25, 0.3) is 0 Å². The van der Waals surface area contributed by atoms with Crippen molar-refractivity contribution in [3.63, 3.8) is 0 Å². The van der Waals surface area contributed by atoms with Crippen LogP contribution in [0.5, 0.6) is 0 Å². The van der Waals surface area contributed by atoms with E-state index in [1.54, 1.807) is 18.2 Å². The Morgan fingerprint density at radius 1 is 1.30 bits per heavy atom. The van der Waals surface area contributed by atoms with Gasteiger partial charge < -0.3 is 10.2 Å². The first kappa shape index (κ1) is 14.5. The number of nitrogens with one attached hydrogen (secondary N) is 1. The number of hydrogen-bond donors (Lipinski definition) is 3. The van der Waals surface area contributed by atoms with Gasteiger partial charge in [0.25, 0.3) is 10.0 Å². The minimum absolute atomic E-state index is 0.0779. The van der Waals surface area contributed by atoms with Crippen LogP contribution in [-0.2, 0) is 16.6 Å². The number of benzene rings is 1. The third-order valence-corrected chi connectivity index (χ3v) is 5.32. The highest BCUT2D eigenvalue weighted by Gasteiger charge is 2.19. The summed E-state index contributed by atoms with van der Waals surface area (Å²) in [5.74, 6) is -1.18. The van der Waals surface area contributed by atoms with Crippen molar-refractivity contribution in [2.45, 2.75) is 10.8 Å². The number of carboxylic acids is 1. The number of carboxylic acid groups (broad SMARTS) is 1. The van der Waals surface area contributed by atoms with Crippen molar-refractivity contribution in [1.82, 2.24) is 0 Å². The molecule has 0 radical (unpaired) electrons. The predicted octanol–water partition coefficient (Wildman–Crippen LogP) is 1.74. The van der Waals surface area contributed by atoms with E-state index in [-0.39, 0.29) is 22.1 Å². The van der Waals surface area contributed by atoms with Crippen LogP contribution >= 0.6 is 11.3 Å². The maximum Gasteiger partial charge on any atom is 0.336 e. The molecule has 8 heteroatoms. The van der Waals surface area contributed by atoms with Crippen molar-refractivity contribution in [3.05, 3.63) is 46.8 Å². The molecule has 0 saturated heterocycles. The van der Waals surface area contributed by atoms with Crippen LogP contribution < -0.4 is 4.72 Å². The zero-order valence-corrected chi connectivity index (χ0v) is 11.7. The van der Waals surface area contributed by atoms with Crippen molar-refractivity contribution in [3.8, 4) is 0 Å². The third-order valence-electron chi connectivity index (χ3n) is 2.52. The lowest BCUT2D eigenvalue weighted by Gasteiger charge is -2.09. The van der Waals surface area contributed by atoms with Crippen LogP contribution in [0.15, 0.2) is 39.9 Å². The number of anilines is 1. The fourth-order valence-electron chi connectivity index (χ4n) is 1.52. The van der Waals surface area contributed by atoms with Gasteiger partial charge >= 0.3 is 5.97 Å². The van der Waals surface area contributed by atoms with Gasteiger partial charge in [0, 0.05) is 10.9 Å². The highest BCUT2D eigenvalue weighted by atomic mass is 32.2. The average Bonchev–Trinajstić information content (AvgIpc) is 2.89. The minimum Gasteiger partial charge on any atom is -0.478 e. The summed E-state index contributed by atoms with van der Waals surface area (Å²) in [5.41, 5.74) is 0.622. The third kappa shape index (κ3) is 2.98. The number of aliphatic hydroxyl groups is 1. The number of hydrogen-bond acceptors (Lipinski definition) is 5. The maximum absolute atomic E-state index is 12.1. The van der Waals surface area contributed by atoms with Gasteiger partial charge in [-0.05, 0) is 12.1 Å². The molecule has 0 unspecified atom stereocenters. The summed E-state index contributed by atoms with van der Waals surface area (Å²) in [5, 5.41) is 19.2. The number of rotatable bonds is 5. The van der Waals surface area contributed by atoms with E-state index >= 15 is 0 Å². The molecule has 6 nitrogen and oxygen atoms in total. The van der Waals surface area contributed by atoms with Crippen LogP contribution in [0.2, 0.25) is 0 Å². The summed E-state index contributed by atoms with van der Waals surface area (Å²) in [6.45, 7) is -0.302. The molecular formula is C12H11NO5S2. The van der Waals surface area contributed by atoms with Crippen LogP contribution in [-0.4, -0.2) is 24.6 Å². The second-order valence-corrected chi connectivity index (χ2v) is 6.70. The van der Waals surface area contributed by atoms with Crippen LogP contribution in [0, 0.1) is 0 Å². The molecule has 1 aromatic heterocycles. The van der Waals surface area contributed by atoms with Gasteiger partial charge in [-0.3, -0.25) is 4.72 Å². The predicted molar refractivity (Wildman–Crippen MR) is 74.5 cm³/mol. The molecule has 1 heterocycles. The molecule has 3 N–H and O–H groups in total. The molecule has 0 saturated carbocycles. The van der Waals surface area contributed by atoms with E-state index in [1.165, 1.54) is 11.4 Å². The Morgan fingerprint density at radius 3 is 2.60 bits per heavy atom. The maximum atomic E-state index is 12.1. The van der Waals surface area contributed by atoms with E-state index in [4.69, 9.17) is 10.2 Å². The Hall–Kier alpha value is -1.90. The molecule has 0 aliphatic rings. The quantitative estimate of drug-likeness (QED) is 0.780. The van der Waals surface area contributed by atoms with Gasteiger partial charge in [0.1, 0.15) is 4.21 Å². The number of aromatic carboxylic acids is 1. The lowest BCUT2D eigenvalue weighted by Crippen LogP contribution is -2.13. The van der Waals surface area contributed by atoms with Gasteiger partial charge in [-0.25, -0.2) is 13.2 Å². The van der Waals surface area contributed by atoms with E-state index in [0.29, 0.717) is 5.56 Å². The molecule has 20 heavy (non-hydrogen) atoms. The van der Waals surface area contributed by atoms with Gasteiger partial charge in [0.2, 0.25) is 0 Å². The fraction of sp³-hybridized carbons (Fsp3) is 0.0833. The van der Waals surface area contributed by atoms with E-state index < -0.39 is 16.0 Å². The second kappa shape index (κ2) is 5.61. The molecule has 2 aromatic rings. The molecule has 0 bridgehead atoms. The Morgan fingerprint density at radius 2 is 2.00 bits per heavy atom. The number of aliphatic hydroxyl groups excluding tert-OH is 1. The van der Waals surface area contributed by atoms with Crippen molar-refractivity contribution >= 4 is 33.0 Å². The summed E-state index contributed by atoms with van der Waals surface area (Å²) in [6.07, 6.45) is 0. The summed E-state index contributed by atoms with van der Waals surface area (Å²) < 4.78 is 26.5. The van der Waals surface area contributed by atoms with Gasteiger partial charge in [-0.1, -0.05) is 18.2 Å². The van der Waals surface area contributed by atoms with Crippen LogP contribution in [0.1, 0.15) is 15.9 Å². The fourth-order valence-corrected chi connectivity index (χ4v) is 3.78. The molecule has 1 aromatic carbocycles. The Labute approximate surface area is 119 Å². The monoisotopic (exact) mass is 313 g/mol. The highest BCUT2D eigenvalue weighted by Crippen LogP contribution is 2.24. The normalized spacial score (nSPS) is 11.2. The molecule has 2 rings (SSSR count).